The Bertz CT molecular complexity index is 889. The maximum atomic E-state index is 12.2. The standard InChI is InChI=1S/C18H14F4N2O3S/c1-10(11-2-6-13(7-3-11)25-16(19)20)28-18-24-23-15(27-18)12-4-8-14(9-5-12)26-17(21)22/h2-10,16-17H,1H3. The highest BCUT2D eigenvalue weighted by Gasteiger charge is 2.15. The second kappa shape index (κ2) is 8.96. The van der Waals surface area contributed by atoms with Gasteiger partial charge in [-0.25, -0.2) is 0 Å². The normalized spacial score (nSPS) is 12.4. The van der Waals surface area contributed by atoms with Crippen molar-refractivity contribution < 1.29 is 31.5 Å². The Morgan fingerprint density at radius 1 is 0.821 bits per heavy atom. The van der Waals surface area contributed by atoms with Crippen LogP contribution in [0.2, 0.25) is 0 Å². The van der Waals surface area contributed by atoms with Crippen LogP contribution in [0.3, 0.4) is 0 Å². The number of ether oxygens (including phenoxy) is 2. The monoisotopic (exact) mass is 414 g/mol. The van der Waals surface area contributed by atoms with Crippen LogP contribution in [0.15, 0.2) is 58.2 Å². The smallest absolute Gasteiger partial charge is 0.387 e. The van der Waals surface area contributed by atoms with E-state index in [1.807, 2.05) is 6.92 Å². The van der Waals surface area contributed by atoms with Crippen molar-refractivity contribution in [2.45, 2.75) is 30.6 Å². The molecular formula is C18H14F4N2O3S. The van der Waals surface area contributed by atoms with Crippen molar-refractivity contribution in [3.05, 3.63) is 54.1 Å². The van der Waals surface area contributed by atoms with E-state index in [0.29, 0.717) is 10.8 Å². The molecule has 0 saturated heterocycles. The molecule has 5 nitrogen and oxygen atoms in total. The van der Waals surface area contributed by atoms with Crippen LogP contribution in [-0.4, -0.2) is 23.4 Å². The SMILES string of the molecule is CC(Sc1nnc(-c2ccc(OC(F)F)cc2)o1)c1ccc(OC(F)F)cc1. The first-order valence-corrected chi connectivity index (χ1v) is 8.89. The Labute approximate surface area is 161 Å². The van der Waals surface area contributed by atoms with Crippen LogP contribution in [-0.2, 0) is 0 Å². The zero-order valence-corrected chi connectivity index (χ0v) is 15.2. The van der Waals surface area contributed by atoms with E-state index in [9.17, 15) is 17.6 Å². The van der Waals surface area contributed by atoms with E-state index >= 15 is 0 Å². The molecule has 1 unspecified atom stereocenters. The number of halogens is 4. The molecule has 0 N–H and O–H groups in total. The van der Waals surface area contributed by atoms with Crippen LogP contribution < -0.4 is 9.47 Å². The Morgan fingerprint density at radius 2 is 1.36 bits per heavy atom. The van der Waals surface area contributed by atoms with E-state index < -0.39 is 13.2 Å². The zero-order valence-electron chi connectivity index (χ0n) is 14.4. The molecule has 3 aromatic rings. The molecule has 1 aromatic heterocycles. The highest BCUT2D eigenvalue weighted by molar-refractivity contribution is 7.99. The van der Waals surface area contributed by atoms with Crippen molar-refractivity contribution in [3.63, 3.8) is 0 Å². The number of rotatable bonds is 8. The lowest BCUT2D eigenvalue weighted by molar-refractivity contribution is -0.0505. The Balaban J connectivity index is 1.63. The molecule has 1 atom stereocenters. The average molecular weight is 414 g/mol. The third kappa shape index (κ3) is 5.38. The molecular weight excluding hydrogens is 400 g/mol. The van der Waals surface area contributed by atoms with Gasteiger partial charge >= 0.3 is 13.2 Å². The number of thioether (sulfide) groups is 1. The Morgan fingerprint density at radius 3 is 1.89 bits per heavy atom. The van der Waals surface area contributed by atoms with E-state index in [2.05, 4.69) is 19.7 Å². The van der Waals surface area contributed by atoms with Gasteiger partial charge in [-0.3, -0.25) is 0 Å². The topological polar surface area (TPSA) is 57.4 Å². The van der Waals surface area contributed by atoms with Crippen molar-refractivity contribution in [3.8, 4) is 23.0 Å². The van der Waals surface area contributed by atoms with Gasteiger partial charge in [0.15, 0.2) is 0 Å². The minimum absolute atomic E-state index is 0.0285. The Hall–Kier alpha value is -2.75. The summed E-state index contributed by atoms with van der Waals surface area (Å²) in [6, 6.07) is 12.1. The average Bonchev–Trinajstić information content (AvgIpc) is 3.10. The molecule has 3 rings (SSSR count). The molecule has 0 radical (unpaired) electrons. The van der Waals surface area contributed by atoms with Gasteiger partial charge in [0.1, 0.15) is 11.5 Å². The van der Waals surface area contributed by atoms with Crippen molar-refractivity contribution in [1.82, 2.24) is 10.2 Å². The maximum absolute atomic E-state index is 12.2. The predicted molar refractivity (Wildman–Crippen MR) is 93.7 cm³/mol. The van der Waals surface area contributed by atoms with Gasteiger partial charge in [-0.15, -0.1) is 10.2 Å². The third-order valence-electron chi connectivity index (χ3n) is 3.59. The van der Waals surface area contributed by atoms with Crippen molar-refractivity contribution in [2.75, 3.05) is 0 Å². The molecule has 148 valence electrons. The molecule has 0 amide bonds. The molecule has 0 aliphatic carbocycles. The molecule has 0 saturated carbocycles. The number of hydrogen-bond acceptors (Lipinski definition) is 6. The summed E-state index contributed by atoms with van der Waals surface area (Å²) in [6.45, 7) is -3.87. The van der Waals surface area contributed by atoms with Crippen LogP contribution in [0, 0.1) is 0 Å². The van der Waals surface area contributed by atoms with Gasteiger partial charge in [0.25, 0.3) is 5.22 Å². The molecule has 10 heteroatoms. The van der Waals surface area contributed by atoms with Crippen LogP contribution >= 0.6 is 11.8 Å². The van der Waals surface area contributed by atoms with Gasteiger partial charge in [0.05, 0.1) is 0 Å². The molecule has 0 aliphatic heterocycles. The van der Waals surface area contributed by atoms with Crippen LogP contribution in [0.25, 0.3) is 11.5 Å². The summed E-state index contributed by atoms with van der Waals surface area (Å²) < 4.78 is 62.9. The summed E-state index contributed by atoms with van der Waals surface area (Å²) in [4.78, 5) is 0. The first-order valence-electron chi connectivity index (χ1n) is 8.01. The number of hydrogen-bond donors (Lipinski definition) is 0. The van der Waals surface area contributed by atoms with Crippen molar-refractivity contribution in [1.29, 1.82) is 0 Å². The fourth-order valence-corrected chi connectivity index (χ4v) is 3.10. The second-order valence-electron chi connectivity index (χ2n) is 5.48. The van der Waals surface area contributed by atoms with Crippen molar-refractivity contribution >= 4 is 11.8 Å². The summed E-state index contributed by atoms with van der Waals surface area (Å²) in [5, 5.41) is 8.12. The van der Waals surface area contributed by atoms with E-state index in [1.165, 1.54) is 48.2 Å². The molecule has 0 fully saturated rings. The quantitative estimate of drug-likeness (QED) is 0.343. The molecule has 2 aromatic carbocycles. The highest BCUT2D eigenvalue weighted by Crippen LogP contribution is 2.36. The minimum atomic E-state index is -2.89. The van der Waals surface area contributed by atoms with Gasteiger partial charge in [-0.05, 0) is 48.9 Å². The molecule has 1 heterocycles. The molecule has 0 aliphatic rings. The first-order chi connectivity index (χ1) is 13.4. The summed E-state index contributed by atoms with van der Waals surface area (Å²) in [6.07, 6.45) is 0. The molecule has 0 spiro atoms. The molecule has 0 bridgehead atoms. The summed E-state index contributed by atoms with van der Waals surface area (Å²) in [7, 11) is 0. The van der Waals surface area contributed by atoms with E-state index in [4.69, 9.17) is 4.42 Å². The van der Waals surface area contributed by atoms with Crippen LogP contribution in [0.5, 0.6) is 11.5 Å². The van der Waals surface area contributed by atoms with Gasteiger partial charge in [-0.1, -0.05) is 23.9 Å². The van der Waals surface area contributed by atoms with E-state index in [-0.39, 0.29) is 22.6 Å². The summed E-state index contributed by atoms with van der Waals surface area (Å²) in [5.74, 6) is 0.343. The summed E-state index contributed by atoms with van der Waals surface area (Å²) >= 11 is 1.29. The summed E-state index contributed by atoms with van der Waals surface area (Å²) in [5.41, 5.74) is 1.42. The van der Waals surface area contributed by atoms with E-state index in [0.717, 1.165) is 5.56 Å². The lowest BCUT2D eigenvalue weighted by atomic mass is 10.2. The second-order valence-corrected chi connectivity index (χ2v) is 6.78. The number of nitrogens with zero attached hydrogens (tertiary/aromatic N) is 2. The van der Waals surface area contributed by atoms with Crippen LogP contribution in [0.4, 0.5) is 17.6 Å². The van der Waals surface area contributed by atoms with E-state index in [1.54, 1.807) is 12.1 Å². The highest BCUT2D eigenvalue weighted by atomic mass is 32.2. The van der Waals surface area contributed by atoms with Gasteiger partial charge in [0, 0.05) is 10.8 Å². The largest absolute Gasteiger partial charge is 0.435 e. The number of alkyl halides is 4. The molecule has 28 heavy (non-hydrogen) atoms. The van der Waals surface area contributed by atoms with Gasteiger partial charge < -0.3 is 13.9 Å². The zero-order chi connectivity index (χ0) is 20.1. The minimum Gasteiger partial charge on any atom is -0.435 e. The fraction of sp³-hybridized carbons (Fsp3) is 0.222. The number of aromatic nitrogens is 2. The first kappa shape index (κ1) is 20.0. The van der Waals surface area contributed by atoms with Gasteiger partial charge in [0.2, 0.25) is 5.89 Å². The maximum Gasteiger partial charge on any atom is 0.387 e. The van der Waals surface area contributed by atoms with Gasteiger partial charge in [-0.2, -0.15) is 17.6 Å². The lowest BCUT2D eigenvalue weighted by Crippen LogP contribution is -2.01. The fourth-order valence-electron chi connectivity index (χ4n) is 2.29. The number of benzene rings is 2. The third-order valence-corrected chi connectivity index (χ3v) is 4.58. The van der Waals surface area contributed by atoms with Crippen LogP contribution in [0.1, 0.15) is 17.7 Å². The Kier molecular flexibility index (Phi) is 6.40. The lowest BCUT2D eigenvalue weighted by Gasteiger charge is -2.10. The van der Waals surface area contributed by atoms with Crippen molar-refractivity contribution in [2.24, 2.45) is 0 Å². The predicted octanol–water partition coefficient (Wildman–Crippen LogP) is 5.79.